The van der Waals surface area contributed by atoms with Gasteiger partial charge >= 0.3 is 0 Å². The van der Waals surface area contributed by atoms with Crippen LogP contribution >= 0.6 is 0 Å². The van der Waals surface area contributed by atoms with E-state index in [0.29, 0.717) is 25.4 Å². The Bertz CT molecular complexity index is 349. The van der Waals surface area contributed by atoms with Crippen molar-refractivity contribution in [1.82, 2.24) is 9.78 Å². The SMILES string of the molecule is CCCCn1ncc(OCCN)cc1=O. The topological polar surface area (TPSA) is 70.1 Å². The summed E-state index contributed by atoms with van der Waals surface area (Å²) < 4.78 is 6.64. The summed E-state index contributed by atoms with van der Waals surface area (Å²) in [6, 6.07) is 1.44. The number of unbranched alkanes of at least 4 members (excludes halogenated alkanes) is 1. The van der Waals surface area contributed by atoms with Gasteiger partial charge in [0.1, 0.15) is 12.4 Å². The zero-order valence-corrected chi connectivity index (χ0v) is 8.98. The van der Waals surface area contributed by atoms with E-state index in [1.807, 2.05) is 0 Å². The average Bonchev–Trinajstić information content (AvgIpc) is 2.25. The lowest BCUT2D eigenvalue weighted by molar-refractivity contribution is 0.323. The van der Waals surface area contributed by atoms with E-state index in [4.69, 9.17) is 10.5 Å². The second-order valence-corrected chi connectivity index (χ2v) is 3.24. The number of aromatic nitrogens is 2. The van der Waals surface area contributed by atoms with Crippen molar-refractivity contribution >= 4 is 0 Å². The Morgan fingerprint density at radius 2 is 2.40 bits per heavy atom. The van der Waals surface area contributed by atoms with E-state index < -0.39 is 0 Å². The van der Waals surface area contributed by atoms with Gasteiger partial charge in [-0.1, -0.05) is 13.3 Å². The minimum atomic E-state index is -0.127. The summed E-state index contributed by atoms with van der Waals surface area (Å²) in [5.74, 6) is 0.484. The maximum absolute atomic E-state index is 11.5. The van der Waals surface area contributed by atoms with E-state index in [0.717, 1.165) is 12.8 Å². The van der Waals surface area contributed by atoms with Gasteiger partial charge < -0.3 is 10.5 Å². The molecule has 0 radical (unpaired) electrons. The molecule has 1 rings (SSSR count). The minimum absolute atomic E-state index is 0.127. The molecule has 2 N–H and O–H groups in total. The van der Waals surface area contributed by atoms with Gasteiger partial charge in [0.2, 0.25) is 0 Å². The molecule has 0 aliphatic rings. The fraction of sp³-hybridized carbons (Fsp3) is 0.600. The van der Waals surface area contributed by atoms with Crippen LogP contribution in [0.1, 0.15) is 19.8 Å². The molecular weight excluding hydrogens is 194 g/mol. The molecule has 84 valence electrons. The van der Waals surface area contributed by atoms with Crippen LogP contribution in [0.2, 0.25) is 0 Å². The predicted molar refractivity (Wildman–Crippen MR) is 58.0 cm³/mol. The Labute approximate surface area is 88.9 Å². The highest BCUT2D eigenvalue weighted by Crippen LogP contribution is 2.02. The molecule has 0 aromatic carbocycles. The summed E-state index contributed by atoms with van der Waals surface area (Å²) in [6.07, 6.45) is 3.54. The summed E-state index contributed by atoms with van der Waals surface area (Å²) in [4.78, 5) is 11.5. The average molecular weight is 211 g/mol. The van der Waals surface area contributed by atoms with Gasteiger partial charge in [0.15, 0.2) is 0 Å². The standard InChI is InChI=1S/C10H17N3O2/c1-2-3-5-13-10(14)7-9(8-12-13)15-6-4-11/h7-8H,2-6,11H2,1H3. The molecular formula is C10H17N3O2. The molecule has 0 unspecified atom stereocenters. The van der Waals surface area contributed by atoms with Crippen LogP contribution in [-0.2, 0) is 6.54 Å². The lowest BCUT2D eigenvalue weighted by Crippen LogP contribution is -2.22. The van der Waals surface area contributed by atoms with Gasteiger partial charge in [-0.15, -0.1) is 0 Å². The van der Waals surface area contributed by atoms with Crippen LogP contribution in [0.15, 0.2) is 17.1 Å². The van der Waals surface area contributed by atoms with Gasteiger partial charge in [-0.2, -0.15) is 5.10 Å². The maximum Gasteiger partial charge on any atom is 0.270 e. The van der Waals surface area contributed by atoms with Crippen molar-refractivity contribution in [3.63, 3.8) is 0 Å². The quantitative estimate of drug-likeness (QED) is 0.738. The molecule has 5 nitrogen and oxygen atoms in total. The second-order valence-electron chi connectivity index (χ2n) is 3.24. The van der Waals surface area contributed by atoms with Gasteiger partial charge in [0.25, 0.3) is 5.56 Å². The van der Waals surface area contributed by atoms with E-state index >= 15 is 0 Å². The maximum atomic E-state index is 11.5. The normalized spacial score (nSPS) is 10.3. The van der Waals surface area contributed by atoms with Crippen molar-refractivity contribution in [3.8, 4) is 5.75 Å². The van der Waals surface area contributed by atoms with E-state index in [1.54, 1.807) is 6.20 Å². The second kappa shape index (κ2) is 6.19. The van der Waals surface area contributed by atoms with E-state index in [1.165, 1.54) is 10.7 Å². The van der Waals surface area contributed by atoms with Crippen molar-refractivity contribution in [3.05, 3.63) is 22.6 Å². The lowest BCUT2D eigenvalue weighted by atomic mass is 10.3. The fourth-order valence-electron chi connectivity index (χ4n) is 1.15. The van der Waals surface area contributed by atoms with Crippen molar-refractivity contribution in [2.24, 2.45) is 5.73 Å². The monoisotopic (exact) mass is 211 g/mol. The first-order valence-electron chi connectivity index (χ1n) is 5.18. The first kappa shape index (κ1) is 11.7. The van der Waals surface area contributed by atoms with Crippen LogP contribution in [-0.4, -0.2) is 22.9 Å². The highest BCUT2D eigenvalue weighted by molar-refractivity contribution is 5.13. The van der Waals surface area contributed by atoms with E-state index in [2.05, 4.69) is 12.0 Å². The predicted octanol–water partition coefficient (Wildman–Crippen LogP) is 0.381. The lowest BCUT2D eigenvalue weighted by Gasteiger charge is -2.06. The minimum Gasteiger partial charge on any atom is -0.490 e. The van der Waals surface area contributed by atoms with Gasteiger partial charge in [0, 0.05) is 19.2 Å². The molecule has 0 bridgehead atoms. The molecule has 0 saturated heterocycles. The molecule has 0 amide bonds. The Balaban J connectivity index is 2.66. The number of nitrogens with zero attached hydrogens (tertiary/aromatic N) is 2. The third-order valence-electron chi connectivity index (χ3n) is 1.95. The van der Waals surface area contributed by atoms with Crippen LogP contribution in [0.5, 0.6) is 5.75 Å². The molecule has 0 aliphatic heterocycles. The van der Waals surface area contributed by atoms with Crippen LogP contribution in [0.4, 0.5) is 0 Å². The van der Waals surface area contributed by atoms with Crippen molar-refractivity contribution in [1.29, 1.82) is 0 Å². The molecule has 1 aromatic rings. The summed E-state index contributed by atoms with van der Waals surface area (Å²) in [6.45, 7) is 3.56. The third kappa shape index (κ3) is 3.71. The van der Waals surface area contributed by atoms with Gasteiger partial charge in [0.05, 0.1) is 6.20 Å². The van der Waals surface area contributed by atoms with Crippen LogP contribution < -0.4 is 16.0 Å². The molecule has 15 heavy (non-hydrogen) atoms. The molecule has 1 aromatic heterocycles. The third-order valence-corrected chi connectivity index (χ3v) is 1.95. The summed E-state index contributed by atoms with van der Waals surface area (Å²) in [5.41, 5.74) is 5.15. The first-order chi connectivity index (χ1) is 7.27. The van der Waals surface area contributed by atoms with Gasteiger partial charge in [-0.05, 0) is 6.42 Å². The fourth-order valence-corrected chi connectivity index (χ4v) is 1.15. The molecule has 1 heterocycles. The van der Waals surface area contributed by atoms with Crippen LogP contribution in [0.3, 0.4) is 0 Å². The molecule has 0 aliphatic carbocycles. The smallest absolute Gasteiger partial charge is 0.270 e. The Kier molecular flexibility index (Phi) is 4.83. The summed E-state index contributed by atoms with van der Waals surface area (Å²) >= 11 is 0. The van der Waals surface area contributed by atoms with Crippen molar-refractivity contribution < 1.29 is 4.74 Å². The highest BCUT2D eigenvalue weighted by Gasteiger charge is 1.99. The number of rotatable bonds is 6. The Hall–Kier alpha value is -1.36. The number of hydrogen-bond acceptors (Lipinski definition) is 4. The molecule has 0 saturated carbocycles. The zero-order valence-electron chi connectivity index (χ0n) is 8.98. The molecule has 0 atom stereocenters. The van der Waals surface area contributed by atoms with Gasteiger partial charge in [-0.25, -0.2) is 4.68 Å². The van der Waals surface area contributed by atoms with Crippen molar-refractivity contribution in [2.45, 2.75) is 26.3 Å². The van der Waals surface area contributed by atoms with E-state index in [-0.39, 0.29) is 5.56 Å². The van der Waals surface area contributed by atoms with Crippen LogP contribution in [0.25, 0.3) is 0 Å². The molecule has 0 spiro atoms. The summed E-state index contributed by atoms with van der Waals surface area (Å²) in [7, 11) is 0. The summed E-state index contributed by atoms with van der Waals surface area (Å²) in [5, 5.41) is 4.01. The molecule has 5 heteroatoms. The number of hydrogen-bond donors (Lipinski definition) is 1. The zero-order chi connectivity index (χ0) is 11.1. The van der Waals surface area contributed by atoms with Gasteiger partial charge in [-0.3, -0.25) is 4.79 Å². The molecule has 0 fully saturated rings. The van der Waals surface area contributed by atoms with Crippen molar-refractivity contribution in [2.75, 3.05) is 13.2 Å². The highest BCUT2D eigenvalue weighted by atomic mass is 16.5. The first-order valence-corrected chi connectivity index (χ1v) is 5.18. The largest absolute Gasteiger partial charge is 0.490 e. The number of aryl methyl sites for hydroxylation is 1. The Morgan fingerprint density at radius 1 is 1.60 bits per heavy atom. The number of ether oxygens (including phenoxy) is 1. The Morgan fingerprint density at radius 3 is 3.00 bits per heavy atom. The number of nitrogens with two attached hydrogens (primary N) is 1. The van der Waals surface area contributed by atoms with E-state index in [9.17, 15) is 4.79 Å². The van der Waals surface area contributed by atoms with Crippen LogP contribution in [0, 0.1) is 0 Å².